The van der Waals surface area contributed by atoms with Crippen LogP contribution >= 0.6 is 11.6 Å². The van der Waals surface area contributed by atoms with Crippen molar-refractivity contribution in [3.05, 3.63) is 111 Å². The molecule has 4 aromatic rings. The summed E-state index contributed by atoms with van der Waals surface area (Å²) in [5.74, 6) is -1.70. The molecule has 0 saturated carbocycles. The number of nitrogens with zero attached hydrogens (tertiary/aromatic N) is 4. The van der Waals surface area contributed by atoms with E-state index in [1.54, 1.807) is 31.5 Å². The second-order valence-corrected chi connectivity index (χ2v) is 13.5. The van der Waals surface area contributed by atoms with Crippen LogP contribution in [0.4, 0.5) is 4.39 Å². The summed E-state index contributed by atoms with van der Waals surface area (Å²) < 4.78 is 24.6. The van der Waals surface area contributed by atoms with Crippen LogP contribution in [0.25, 0.3) is 16.7 Å². The molecule has 2 aromatic carbocycles. The molecule has 270 valence electrons. The van der Waals surface area contributed by atoms with Gasteiger partial charge in [-0.25, -0.2) is 9.37 Å². The van der Waals surface area contributed by atoms with Crippen molar-refractivity contribution in [1.82, 2.24) is 25.5 Å². The number of piperidine rings is 1. The van der Waals surface area contributed by atoms with Gasteiger partial charge in [0.2, 0.25) is 5.89 Å². The lowest BCUT2D eigenvalue weighted by atomic mass is 9.74. The van der Waals surface area contributed by atoms with Crippen molar-refractivity contribution in [1.29, 1.82) is 5.26 Å². The molecule has 11 nitrogen and oxygen atoms in total. The number of oxazole rings is 1. The van der Waals surface area contributed by atoms with Gasteiger partial charge in [-0.2, -0.15) is 5.26 Å². The van der Waals surface area contributed by atoms with Crippen molar-refractivity contribution in [3.63, 3.8) is 0 Å². The number of alkyl halides is 1. The maximum Gasteiger partial charge on any atom is 0.320 e. The van der Waals surface area contributed by atoms with Gasteiger partial charge in [-0.15, -0.1) is 0 Å². The zero-order valence-electron chi connectivity index (χ0n) is 29.0. The van der Waals surface area contributed by atoms with E-state index in [9.17, 15) is 24.3 Å². The molecular formula is C39H40ClFN6O5. The fraction of sp³-hybridized carbons (Fsp3) is 0.359. The molecule has 3 N–H and O–H groups in total. The van der Waals surface area contributed by atoms with Gasteiger partial charge in [0.05, 0.1) is 12.2 Å². The number of carboxylic acids is 1. The molecule has 3 heterocycles. The van der Waals surface area contributed by atoms with Gasteiger partial charge in [0.1, 0.15) is 35.5 Å². The summed E-state index contributed by atoms with van der Waals surface area (Å²) in [5, 5.41) is 26.8. The van der Waals surface area contributed by atoms with Crippen molar-refractivity contribution >= 4 is 40.2 Å². The Kier molecular flexibility index (Phi) is 11.5. The highest BCUT2D eigenvalue weighted by Gasteiger charge is 2.46. The maximum atomic E-state index is 14.2. The number of hydrogen-bond acceptors (Lipinski definition) is 9. The topological polar surface area (TPSA) is 154 Å². The number of carboxylic acid groups (broad SMARTS) is 1. The summed E-state index contributed by atoms with van der Waals surface area (Å²) in [7, 11) is 1.55. The first-order valence-corrected chi connectivity index (χ1v) is 17.6. The Balaban J connectivity index is 1.42. The van der Waals surface area contributed by atoms with Gasteiger partial charge in [-0.1, -0.05) is 55.3 Å². The van der Waals surface area contributed by atoms with E-state index in [0.717, 1.165) is 40.7 Å². The Bertz CT molecular complexity index is 2080. The first kappa shape index (κ1) is 36.8. The van der Waals surface area contributed by atoms with Gasteiger partial charge in [0, 0.05) is 43.9 Å². The number of nitrogens with one attached hydrogen (secondary N) is 2. The van der Waals surface area contributed by atoms with Gasteiger partial charge in [0.25, 0.3) is 5.91 Å². The summed E-state index contributed by atoms with van der Waals surface area (Å²) in [6.45, 7) is 3.14. The van der Waals surface area contributed by atoms with Crippen LogP contribution in [-0.4, -0.2) is 64.8 Å². The summed E-state index contributed by atoms with van der Waals surface area (Å²) in [6, 6.07) is 14.2. The Morgan fingerprint density at radius 3 is 2.81 bits per heavy atom. The van der Waals surface area contributed by atoms with Crippen molar-refractivity contribution in [2.24, 2.45) is 5.92 Å². The number of ether oxygens (including phenoxy) is 1. The van der Waals surface area contributed by atoms with Crippen LogP contribution in [0.1, 0.15) is 70.4 Å². The fourth-order valence-electron chi connectivity index (χ4n) is 7.09. The average Bonchev–Trinajstić information content (AvgIpc) is 3.58. The van der Waals surface area contributed by atoms with Crippen molar-refractivity contribution in [2.45, 2.75) is 57.5 Å². The molecule has 2 aliphatic rings. The summed E-state index contributed by atoms with van der Waals surface area (Å²) in [5.41, 5.74) is 3.49. The summed E-state index contributed by atoms with van der Waals surface area (Å²) >= 11 is 6.69. The second kappa shape index (κ2) is 16.2. The lowest BCUT2D eigenvalue weighted by Crippen LogP contribution is -2.50. The Labute approximate surface area is 306 Å². The molecule has 6 rings (SSSR count). The molecule has 3 atom stereocenters. The van der Waals surface area contributed by atoms with E-state index in [2.05, 4.69) is 21.7 Å². The minimum atomic E-state index is -1.36. The third kappa shape index (κ3) is 7.49. The highest BCUT2D eigenvalue weighted by molar-refractivity contribution is 6.32. The number of nitriles is 1. The lowest BCUT2D eigenvalue weighted by Gasteiger charge is -2.38. The number of pyridine rings is 1. The van der Waals surface area contributed by atoms with Crippen LogP contribution in [0.5, 0.6) is 0 Å². The van der Waals surface area contributed by atoms with Gasteiger partial charge < -0.3 is 24.9 Å². The molecule has 1 saturated heterocycles. The lowest BCUT2D eigenvalue weighted by molar-refractivity contribution is -0.144. The molecule has 1 aliphatic heterocycles. The first-order valence-electron chi connectivity index (χ1n) is 17.2. The monoisotopic (exact) mass is 726 g/mol. The molecule has 0 radical (unpaired) electrons. The predicted octanol–water partition coefficient (Wildman–Crippen LogP) is 6.31. The third-order valence-electron chi connectivity index (χ3n) is 9.80. The molecular weight excluding hydrogens is 687 g/mol. The maximum absolute atomic E-state index is 14.2. The van der Waals surface area contributed by atoms with Crippen LogP contribution in [0.3, 0.4) is 0 Å². The minimum absolute atomic E-state index is 0.126. The van der Waals surface area contributed by atoms with Gasteiger partial charge >= 0.3 is 5.97 Å². The largest absolute Gasteiger partial charge is 0.480 e. The number of carbonyl (C=O) groups is 2. The normalized spacial score (nSPS) is 20.4. The molecule has 1 fully saturated rings. The van der Waals surface area contributed by atoms with Gasteiger partial charge in [-0.3, -0.25) is 19.5 Å². The molecule has 0 bridgehead atoms. The quantitative estimate of drug-likeness (QED) is 0.134. The number of allylic oxidation sites excluding steroid dienone is 2. The van der Waals surface area contributed by atoms with Crippen LogP contribution in [0.2, 0.25) is 5.02 Å². The molecule has 0 spiro atoms. The number of carbonyl (C=O) groups excluding carboxylic acids is 1. The van der Waals surface area contributed by atoms with Crippen molar-refractivity contribution < 1.29 is 28.2 Å². The number of benzene rings is 2. The van der Waals surface area contributed by atoms with E-state index in [0.29, 0.717) is 36.6 Å². The van der Waals surface area contributed by atoms with E-state index < -0.39 is 36.0 Å². The smallest absolute Gasteiger partial charge is 0.320 e. The van der Waals surface area contributed by atoms with E-state index in [1.807, 2.05) is 54.3 Å². The number of methoxy groups -OCH3 is 1. The molecule has 2 aromatic heterocycles. The fourth-order valence-corrected chi connectivity index (χ4v) is 7.34. The first-order chi connectivity index (χ1) is 25.2. The molecule has 1 amide bonds. The number of amides is 1. The summed E-state index contributed by atoms with van der Waals surface area (Å²) in [6.07, 6.45) is 9.43. The highest BCUT2D eigenvalue weighted by Crippen LogP contribution is 2.45. The van der Waals surface area contributed by atoms with Crippen LogP contribution in [-0.2, 0) is 34.8 Å². The SMILES string of the molecule is COCc1cc(C(=O)NC2(c3nc4cc(CN5CCCC[C@H]5C(=O)O)cc(C#N)c4o3)C=CC=C(c3ccccc3Cl)C2C)ncc1CNCCF. The van der Waals surface area contributed by atoms with E-state index in [1.165, 1.54) is 0 Å². The zero-order chi connectivity index (χ0) is 36.8. The number of hydrogen-bond donors (Lipinski definition) is 3. The Morgan fingerprint density at radius 2 is 2.06 bits per heavy atom. The molecule has 1 aliphatic carbocycles. The third-order valence-corrected chi connectivity index (χ3v) is 10.1. The molecule has 13 heteroatoms. The zero-order valence-corrected chi connectivity index (χ0v) is 29.8. The standard InChI is InChI=1S/C39H40ClFN6O5/c1-24-29(30-8-3-4-10-31(30)40)9-7-12-39(24,46-36(48)33-18-27(23-51-2)28(21-44-33)20-43-14-13-41)38-45-32-17-25(16-26(19-42)35(32)52-38)22-47-15-6-5-11-34(47)37(49)50/h3-4,7-10,12,16-18,21,24,34,43H,5-6,11,13-15,20,22-23H2,1-2H3,(H,46,48)(H,49,50)/t24?,34-,39?/m0/s1. The second-order valence-electron chi connectivity index (χ2n) is 13.1. The molecule has 2 unspecified atom stereocenters. The highest BCUT2D eigenvalue weighted by atomic mass is 35.5. The number of rotatable bonds is 13. The predicted molar refractivity (Wildman–Crippen MR) is 194 cm³/mol. The molecule has 52 heavy (non-hydrogen) atoms. The van der Waals surface area contributed by atoms with Crippen LogP contribution in [0, 0.1) is 17.2 Å². The summed E-state index contributed by atoms with van der Waals surface area (Å²) in [4.78, 5) is 37.5. The minimum Gasteiger partial charge on any atom is -0.480 e. The number of fused-ring (bicyclic) bond motifs is 1. The van der Waals surface area contributed by atoms with Gasteiger partial charge in [-0.05, 0) is 77.6 Å². The van der Waals surface area contributed by atoms with E-state index >= 15 is 0 Å². The van der Waals surface area contributed by atoms with Gasteiger partial charge in [0.15, 0.2) is 5.58 Å². The van der Waals surface area contributed by atoms with Crippen molar-refractivity contribution in [3.8, 4) is 6.07 Å². The van der Waals surface area contributed by atoms with Crippen molar-refractivity contribution in [2.75, 3.05) is 26.9 Å². The number of aromatic nitrogens is 2. The van der Waals surface area contributed by atoms with E-state index in [4.69, 9.17) is 25.7 Å². The Hall–Kier alpha value is -4.93. The van der Waals surface area contributed by atoms with Crippen LogP contribution in [0.15, 0.2) is 71.3 Å². The average molecular weight is 727 g/mol. The number of halogens is 2. The number of aliphatic carboxylic acids is 1. The number of likely N-dealkylation sites (tertiary alicyclic amines) is 1. The van der Waals surface area contributed by atoms with E-state index in [-0.39, 0.29) is 35.9 Å². The Morgan fingerprint density at radius 1 is 1.23 bits per heavy atom. The van der Waals surface area contributed by atoms with Crippen LogP contribution < -0.4 is 10.6 Å².